The summed E-state index contributed by atoms with van der Waals surface area (Å²) >= 11 is 1.36. The molecule has 0 atom stereocenters. The third-order valence-electron chi connectivity index (χ3n) is 2.34. The summed E-state index contributed by atoms with van der Waals surface area (Å²) < 4.78 is 6.77. The minimum Gasteiger partial charge on any atom is -0.495 e. The highest BCUT2D eigenvalue weighted by molar-refractivity contribution is 7.12. The molecule has 0 aliphatic rings. The molecule has 0 unspecified atom stereocenters. The van der Waals surface area contributed by atoms with Gasteiger partial charge in [0.1, 0.15) is 16.3 Å². The quantitative estimate of drug-likeness (QED) is 0.762. The predicted octanol–water partition coefficient (Wildman–Crippen LogP) is 1.99. The molecule has 0 amide bonds. The number of methoxy groups -OCH3 is 1. The lowest BCUT2D eigenvalue weighted by molar-refractivity contribution is 0.103. The van der Waals surface area contributed by atoms with Crippen LogP contribution in [0.25, 0.3) is 0 Å². The Morgan fingerprint density at radius 3 is 3.12 bits per heavy atom. The van der Waals surface area contributed by atoms with Crippen LogP contribution in [0.1, 0.15) is 28.7 Å². The fourth-order valence-electron chi connectivity index (χ4n) is 1.55. The zero-order valence-corrected chi connectivity index (χ0v) is 10.5. The average molecular weight is 251 g/mol. The van der Waals surface area contributed by atoms with Crippen LogP contribution in [0.15, 0.2) is 17.6 Å². The maximum atomic E-state index is 12.3. The summed E-state index contributed by atoms with van der Waals surface area (Å²) in [7, 11) is 1.56. The first-order valence-electron chi connectivity index (χ1n) is 5.32. The normalized spacial score (nSPS) is 10.5. The number of aryl methyl sites for hydroxylation is 1. The molecular weight excluding hydrogens is 238 g/mol. The van der Waals surface area contributed by atoms with Gasteiger partial charge in [0.2, 0.25) is 5.78 Å². The Labute approximate surface area is 103 Å². The van der Waals surface area contributed by atoms with E-state index in [0.717, 1.165) is 6.42 Å². The number of ketones is 1. The van der Waals surface area contributed by atoms with Crippen LogP contribution in [0.3, 0.4) is 0 Å². The summed E-state index contributed by atoms with van der Waals surface area (Å²) in [6.07, 6.45) is 2.41. The Balaban J connectivity index is 2.34. The number of hydrogen-bond donors (Lipinski definition) is 0. The number of ether oxygens (including phenoxy) is 1. The van der Waals surface area contributed by atoms with E-state index in [4.69, 9.17) is 4.74 Å². The Kier molecular flexibility index (Phi) is 3.53. The lowest BCUT2D eigenvalue weighted by atomic mass is 10.2. The van der Waals surface area contributed by atoms with Gasteiger partial charge in [-0.05, 0) is 17.9 Å². The molecule has 17 heavy (non-hydrogen) atoms. The molecule has 2 rings (SSSR count). The maximum Gasteiger partial charge on any atom is 0.226 e. The number of thiophene rings is 1. The Bertz CT molecular complexity index is 518. The third kappa shape index (κ3) is 2.21. The summed E-state index contributed by atoms with van der Waals surface area (Å²) in [4.78, 5) is 12.9. The fourth-order valence-corrected chi connectivity index (χ4v) is 2.36. The Morgan fingerprint density at radius 1 is 1.59 bits per heavy atom. The minimum absolute atomic E-state index is 0.0877. The molecule has 0 aliphatic heterocycles. The van der Waals surface area contributed by atoms with E-state index < -0.39 is 0 Å². The molecule has 0 aliphatic carbocycles. The summed E-state index contributed by atoms with van der Waals surface area (Å²) in [6, 6.07) is 1.78. The van der Waals surface area contributed by atoms with E-state index in [9.17, 15) is 4.79 Å². The van der Waals surface area contributed by atoms with E-state index in [1.807, 2.05) is 12.3 Å². The Hall–Kier alpha value is -1.69. The van der Waals surface area contributed by atoms with Gasteiger partial charge in [0.25, 0.3) is 0 Å². The second-order valence-electron chi connectivity index (χ2n) is 3.49. The van der Waals surface area contributed by atoms with E-state index in [0.29, 0.717) is 22.9 Å². The SMILES string of the molecule is CCCn1nncc1C(=O)c1sccc1OC. The topological polar surface area (TPSA) is 57.0 Å². The lowest BCUT2D eigenvalue weighted by Gasteiger charge is -2.04. The van der Waals surface area contributed by atoms with Crippen molar-refractivity contribution in [2.45, 2.75) is 19.9 Å². The van der Waals surface area contributed by atoms with Crippen LogP contribution >= 0.6 is 11.3 Å². The van der Waals surface area contributed by atoms with Crippen LogP contribution in [-0.2, 0) is 6.54 Å². The van der Waals surface area contributed by atoms with Crippen molar-refractivity contribution < 1.29 is 9.53 Å². The van der Waals surface area contributed by atoms with Gasteiger partial charge in [0.05, 0.1) is 13.3 Å². The van der Waals surface area contributed by atoms with Gasteiger partial charge in [0, 0.05) is 6.54 Å². The summed E-state index contributed by atoms with van der Waals surface area (Å²) in [6.45, 7) is 2.72. The van der Waals surface area contributed by atoms with Gasteiger partial charge in [-0.1, -0.05) is 12.1 Å². The third-order valence-corrected chi connectivity index (χ3v) is 3.24. The molecular formula is C11H13N3O2S. The highest BCUT2D eigenvalue weighted by Gasteiger charge is 2.20. The maximum absolute atomic E-state index is 12.3. The van der Waals surface area contributed by atoms with Gasteiger partial charge in [0.15, 0.2) is 0 Å². The van der Waals surface area contributed by atoms with E-state index in [2.05, 4.69) is 10.3 Å². The van der Waals surface area contributed by atoms with Gasteiger partial charge >= 0.3 is 0 Å². The molecule has 0 bridgehead atoms. The summed E-state index contributed by atoms with van der Waals surface area (Å²) in [5, 5.41) is 9.52. The highest BCUT2D eigenvalue weighted by atomic mass is 32.1. The molecule has 0 fully saturated rings. The van der Waals surface area contributed by atoms with Crippen molar-refractivity contribution in [3.05, 3.63) is 28.2 Å². The van der Waals surface area contributed by atoms with Gasteiger partial charge < -0.3 is 4.74 Å². The van der Waals surface area contributed by atoms with Crippen LogP contribution in [0.5, 0.6) is 5.75 Å². The van der Waals surface area contributed by atoms with Crippen LogP contribution in [-0.4, -0.2) is 27.9 Å². The molecule has 0 saturated carbocycles. The molecule has 0 aromatic carbocycles. The Morgan fingerprint density at radius 2 is 2.41 bits per heavy atom. The minimum atomic E-state index is -0.0877. The molecule has 0 spiro atoms. The molecule has 2 aromatic rings. The van der Waals surface area contributed by atoms with E-state index in [1.54, 1.807) is 17.9 Å². The molecule has 6 heteroatoms. The van der Waals surface area contributed by atoms with Crippen molar-refractivity contribution in [1.82, 2.24) is 15.0 Å². The molecule has 5 nitrogen and oxygen atoms in total. The van der Waals surface area contributed by atoms with Crippen LogP contribution in [0, 0.1) is 0 Å². The van der Waals surface area contributed by atoms with E-state index >= 15 is 0 Å². The number of nitrogens with zero attached hydrogens (tertiary/aromatic N) is 3. The van der Waals surface area contributed by atoms with E-state index in [1.165, 1.54) is 17.5 Å². The average Bonchev–Trinajstić information content (AvgIpc) is 2.96. The van der Waals surface area contributed by atoms with Gasteiger partial charge in [-0.3, -0.25) is 4.79 Å². The summed E-state index contributed by atoms with van der Waals surface area (Å²) in [5.74, 6) is 0.513. The van der Waals surface area contributed by atoms with Gasteiger partial charge in [-0.15, -0.1) is 16.4 Å². The van der Waals surface area contributed by atoms with Crippen molar-refractivity contribution >= 4 is 17.1 Å². The van der Waals surface area contributed by atoms with Crippen LogP contribution < -0.4 is 4.74 Å². The molecule has 90 valence electrons. The molecule has 0 N–H and O–H groups in total. The zero-order valence-electron chi connectivity index (χ0n) is 9.71. The largest absolute Gasteiger partial charge is 0.495 e. The smallest absolute Gasteiger partial charge is 0.226 e. The van der Waals surface area contributed by atoms with Gasteiger partial charge in [-0.25, -0.2) is 4.68 Å². The lowest BCUT2D eigenvalue weighted by Crippen LogP contribution is -2.11. The monoisotopic (exact) mass is 251 g/mol. The number of rotatable bonds is 5. The first kappa shape index (κ1) is 11.8. The molecule has 0 radical (unpaired) electrons. The number of aromatic nitrogens is 3. The number of carbonyl (C=O) groups is 1. The first-order chi connectivity index (χ1) is 8.27. The predicted molar refractivity (Wildman–Crippen MR) is 64.6 cm³/mol. The van der Waals surface area contributed by atoms with Crippen molar-refractivity contribution in [2.24, 2.45) is 0 Å². The van der Waals surface area contributed by atoms with Crippen molar-refractivity contribution in [3.8, 4) is 5.75 Å². The first-order valence-corrected chi connectivity index (χ1v) is 6.20. The standard InChI is InChI=1S/C11H13N3O2S/c1-3-5-14-8(7-12-13-14)10(15)11-9(16-2)4-6-17-11/h4,6-7H,3,5H2,1-2H3. The summed E-state index contributed by atoms with van der Waals surface area (Å²) in [5.41, 5.74) is 0.507. The van der Waals surface area contributed by atoms with Crippen molar-refractivity contribution in [1.29, 1.82) is 0 Å². The van der Waals surface area contributed by atoms with E-state index in [-0.39, 0.29) is 5.78 Å². The number of hydrogen-bond acceptors (Lipinski definition) is 5. The van der Waals surface area contributed by atoms with Gasteiger partial charge in [-0.2, -0.15) is 0 Å². The molecule has 2 heterocycles. The second-order valence-corrected chi connectivity index (χ2v) is 4.41. The van der Waals surface area contributed by atoms with Crippen molar-refractivity contribution in [3.63, 3.8) is 0 Å². The second kappa shape index (κ2) is 5.09. The molecule has 2 aromatic heterocycles. The fraction of sp³-hybridized carbons (Fsp3) is 0.364. The van der Waals surface area contributed by atoms with Crippen molar-refractivity contribution in [2.75, 3.05) is 7.11 Å². The number of carbonyl (C=O) groups excluding carboxylic acids is 1. The molecule has 0 saturated heterocycles. The zero-order chi connectivity index (χ0) is 12.3. The van der Waals surface area contributed by atoms with Crippen LogP contribution in [0.2, 0.25) is 0 Å². The highest BCUT2D eigenvalue weighted by Crippen LogP contribution is 2.26. The van der Waals surface area contributed by atoms with Crippen LogP contribution in [0.4, 0.5) is 0 Å².